The van der Waals surface area contributed by atoms with Crippen LogP contribution in [0.1, 0.15) is 49.4 Å². The van der Waals surface area contributed by atoms with Crippen LogP contribution in [0.4, 0.5) is 11.4 Å². The van der Waals surface area contributed by atoms with Gasteiger partial charge in [-0.3, -0.25) is 0 Å². The van der Waals surface area contributed by atoms with Crippen molar-refractivity contribution in [2.45, 2.75) is 39.0 Å². The number of nitrogens with zero attached hydrogens (tertiary/aromatic N) is 3. The van der Waals surface area contributed by atoms with E-state index in [0.29, 0.717) is 5.92 Å². The molecule has 1 atom stereocenters. The Hall–Kier alpha value is -7.62. The van der Waals surface area contributed by atoms with Crippen molar-refractivity contribution in [3.63, 3.8) is 0 Å². The van der Waals surface area contributed by atoms with Gasteiger partial charge >= 0.3 is 0 Å². The zero-order valence-corrected chi connectivity index (χ0v) is 36.0. The maximum atomic E-state index is 4.10. The van der Waals surface area contributed by atoms with E-state index in [1.165, 1.54) is 66.3 Å². The summed E-state index contributed by atoms with van der Waals surface area (Å²) in [7, 11) is 0. The Kier molecular flexibility index (Phi) is 10.9. The van der Waals surface area contributed by atoms with Crippen LogP contribution >= 0.6 is 0 Å². The van der Waals surface area contributed by atoms with Gasteiger partial charge in [-0.1, -0.05) is 134 Å². The van der Waals surface area contributed by atoms with Crippen molar-refractivity contribution < 1.29 is 0 Å². The zero-order valence-electron chi connectivity index (χ0n) is 36.0. The number of benzene rings is 6. The van der Waals surface area contributed by atoms with Gasteiger partial charge in [-0.2, -0.15) is 0 Å². The average Bonchev–Trinajstić information content (AvgIpc) is 3.87. The molecule has 1 unspecified atom stereocenters. The summed E-state index contributed by atoms with van der Waals surface area (Å²) in [5.41, 5.74) is 16.8. The molecular formula is C60H51N3. The number of aryl methyl sites for hydroxylation is 1. The molecule has 2 aromatic heterocycles. The van der Waals surface area contributed by atoms with Crippen molar-refractivity contribution in [1.29, 1.82) is 0 Å². The summed E-state index contributed by atoms with van der Waals surface area (Å²) in [5.74, 6) is 0.401. The van der Waals surface area contributed by atoms with Crippen LogP contribution in [-0.2, 0) is 6.42 Å². The van der Waals surface area contributed by atoms with Gasteiger partial charge in [0.1, 0.15) is 0 Å². The molecule has 0 bridgehead atoms. The largest absolute Gasteiger partial charge is 0.317 e. The highest BCUT2D eigenvalue weighted by Gasteiger charge is 2.19. The SMILES string of the molecule is C=CC(=C\C=C\N(c1ccc(C2C=CC=CC2)cc1)c1ccc(-n2c3ccccc3c3cc(-c4ccc(-n5c6c(c7ccccc75)CCC=C6)cc4)ccc32)cc1)/C(/C=C\C)=C/C. The van der Waals surface area contributed by atoms with E-state index in [1.54, 1.807) is 0 Å². The van der Waals surface area contributed by atoms with Gasteiger partial charge in [0.05, 0.1) is 16.6 Å². The molecule has 0 saturated carbocycles. The monoisotopic (exact) mass is 813 g/mol. The van der Waals surface area contributed by atoms with Crippen molar-refractivity contribution in [2.75, 3.05) is 4.90 Å². The first-order chi connectivity index (χ1) is 31.1. The molecular weight excluding hydrogens is 763 g/mol. The Morgan fingerprint density at radius 3 is 2.03 bits per heavy atom. The summed E-state index contributed by atoms with van der Waals surface area (Å²) >= 11 is 0. The molecule has 0 fully saturated rings. The van der Waals surface area contributed by atoms with Crippen LogP contribution in [0.15, 0.2) is 230 Å². The van der Waals surface area contributed by atoms with Gasteiger partial charge in [-0.25, -0.2) is 0 Å². The molecule has 3 heteroatoms. The fourth-order valence-corrected chi connectivity index (χ4v) is 9.55. The molecule has 0 aliphatic heterocycles. The molecule has 2 aliphatic rings. The lowest BCUT2D eigenvalue weighted by atomic mass is 9.92. The predicted molar refractivity (Wildman–Crippen MR) is 271 cm³/mol. The normalized spacial score (nSPS) is 15.4. The van der Waals surface area contributed by atoms with Crippen molar-refractivity contribution in [2.24, 2.45) is 0 Å². The molecule has 8 aromatic rings. The van der Waals surface area contributed by atoms with Gasteiger partial charge in [0.2, 0.25) is 0 Å². The number of allylic oxidation sites excluding steroid dienone is 13. The van der Waals surface area contributed by atoms with Gasteiger partial charge in [-0.05, 0) is 151 Å². The minimum absolute atomic E-state index is 0.401. The number of aromatic nitrogens is 2. The second kappa shape index (κ2) is 17.4. The van der Waals surface area contributed by atoms with Gasteiger partial charge < -0.3 is 14.0 Å². The van der Waals surface area contributed by atoms with E-state index in [0.717, 1.165) is 47.5 Å². The Labute approximate surface area is 371 Å². The molecule has 2 aliphatic carbocycles. The Balaban J connectivity index is 0.991. The maximum absolute atomic E-state index is 4.10. The summed E-state index contributed by atoms with van der Waals surface area (Å²) < 4.78 is 4.82. The second-order valence-electron chi connectivity index (χ2n) is 16.3. The van der Waals surface area contributed by atoms with Crippen LogP contribution in [0.2, 0.25) is 0 Å². The summed E-state index contributed by atoms with van der Waals surface area (Å²) in [5, 5.41) is 3.84. The Morgan fingerprint density at radius 1 is 0.651 bits per heavy atom. The lowest BCUT2D eigenvalue weighted by Gasteiger charge is -2.23. The minimum atomic E-state index is 0.401. The highest BCUT2D eigenvalue weighted by molar-refractivity contribution is 6.10. The molecule has 2 heterocycles. The fourth-order valence-electron chi connectivity index (χ4n) is 9.55. The zero-order chi connectivity index (χ0) is 42.7. The molecule has 0 spiro atoms. The van der Waals surface area contributed by atoms with Crippen LogP contribution in [0.5, 0.6) is 0 Å². The van der Waals surface area contributed by atoms with Crippen LogP contribution < -0.4 is 4.90 Å². The first-order valence-electron chi connectivity index (χ1n) is 22.2. The Morgan fingerprint density at radius 2 is 1.32 bits per heavy atom. The average molecular weight is 814 g/mol. The quantitative estimate of drug-likeness (QED) is 0.119. The van der Waals surface area contributed by atoms with Gasteiger partial charge in [0, 0.05) is 56.7 Å². The number of hydrogen-bond donors (Lipinski definition) is 0. The molecule has 63 heavy (non-hydrogen) atoms. The number of anilines is 2. The molecule has 0 N–H and O–H groups in total. The second-order valence-corrected chi connectivity index (χ2v) is 16.3. The topological polar surface area (TPSA) is 13.1 Å². The lowest BCUT2D eigenvalue weighted by Crippen LogP contribution is -2.09. The third kappa shape index (κ3) is 7.46. The van der Waals surface area contributed by atoms with Crippen molar-refractivity contribution in [3.8, 4) is 22.5 Å². The van der Waals surface area contributed by atoms with E-state index in [-0.39, 0.29) is 0 Å². The smallest absolute Gasteiger partial charge is 0.0541 e. The Bertz CT molecular complexity index is 3210. The molecule has 306 valence electrons. The molecule has 6 aromatic carbocycles. The predicted octanol–water partition coefficient (Wildman–Crippen LogP) is 16.2. The first-order valence-corrected chi connectivity index (χ1v) is 22.2. The van der Waals surface area contributed by atoms with Gasteiger partial charge in [0.15, 0.2) is 0 Å². The third-order valence-electron chi connectivity index (χ3n) is 12.7. The number of rotatable bonds is 11. The van der Waals surface area contributed by atoms with E-state index in [2.05, 4.69) is 240 Å². The summed E-state index contributed by atoms with van der Waals surface area (Å²) in [6, 6.07) is 51.6. The van der Waals surface area contributed by atoms with Crippen molar-refractivity contribution >= 4 is 50.2 Å². The van der Waals surface area contributed by atoms with Crippen molar-refractivity contribution in [3.05, 3.63) is 247 Å². The third-order valence-corrected chi connectivity index (χ3v) is 12.7. The highest BCUT2D eigenvalue weighted by atomic mass is 15.1. The van der Waals surface area contributed by atoms with Gasteiger partial charge in [-0.15, -0.1) is 0 Å². The minimum Gasteiger partial charge on any atom is -0.317 e. The fraction of sp³-hybridized carbons (Fsp3) is 0.100. The number of hydrogen-bond acceptors (Lipinski definition) is 1. The van der Waals surface area contributed by atoms with E-state index in [1.807, 2.05) is 13.0 Å². The molecule has 0 saturated heterocycles. The molecule has 10 rings (SSSR count). The van der Waals surface area contributed by atoms with Crippen molar-refractivity contribution in [1.82, 2.24) is 9.13 Å². The van der Waals surface area contributed by atoms with E-state index >= 15 is 0 Å². The summed E-state index contributed by atoms with van der Waals surface area (Å²) in [4.78, 5) is 2.26. The van der Waals surface area contributed by atoms with E-state index in [9.17, 15) is 0 Å². The highest BCUT2D eigenvalue weighted by Crippen LogP contribution is 2.38. The van der Waals surface area contributed by atoms with Crippen LogP contribution in [0.25, 0.3) is 61.3 Å². The summed E-state index contributed by atoms with van der Waals surface area (Å²) in [6.45, 7) is 8.21. The van der Waals surface area contributed by atoms with Crippen LogP contribution in [-0.4, -0.2) is 9.13 Å². The first kappa shape index (κ1) is 39.5. The molecule has 3 nitrogen and oxygen atoms in total. The van der Waals surface area contributed by atoms with Crippen LogP contribution in [0.3, 0.4) is 0 Å². The molecule has 0 amide bonds. The summed E-state index contributed by atoms with van der Waals surface area (Å²) in [6.07, 6.45) is 31.2. The van der Waals surface area contributed by atoms with Crippen LogP contribution in [0, 0.1) is 0 Å². The number of fused-ring (bicyclic) bond motifs is 6. The van der Waals surface area contributed by atoms with E-state index in [4.69, 9.17) is 0 Å². The van der Waals surface area contributed by atoms with E-state index < -0.39 is 0 Å². The number of para-hydroxylation sites is 2. The maximum Gasteiger partial charge on any atom is 0.0541 e. The standard InChI is InChI=1S/C60H51N3/c1-4-17-43(5-2)44(6-3)20-16-41-61(49-32-27-46(28-33-49)45-18-8-7-9-19-45)50-36-38-52(39-37-50)63-59-26-15-12-23-55(59)56-42-48(31-40-60(56)63)47-29-34-51(35-30-47)62-57-24-13-10-21-53(57)54-22-11-14-25-58(54)62/h4-10,12-18,20-21,23-42,45H,3,11,19,22H2,1-2H3/b17-4-,41-16+,43-5+,44-20+. The van der Waals surface area contributed by atoms with Gasteiger partial charge in [0.25, 0.3) is 0 Å². The lowest BCUT2D eigenvalue weighted by molar-refractivity contribution is 0.854. The molecule has 0 radical (unpaired) electrons.